The fraction of sp³-hybridized carbons (Fsp3) is 0.562. The van der Waals surface area contributed by atoms with Crippen LogP contribution in [0.25, 0.3) is 0 Å². The second kappa shape index (κ2) is 7.95. The van der Waals surface area contributed by atoms with Crippen molar-refractivity contribution in [1.29, 1.82) is 0 Å². The first-order valence-corrected chi connectivity index (χ1v) is 7.13. The van der Waals surface area contributed by atoms with Crippen molar-refractivity contribution in [1.82, 2.24) is 10.3 Å². The summed E-state index contributed by atoms with van der Waals surface area (Å²) in [7, 11) is 1.97. The molecule has 0 amide bonds. The van der Waals surface area contributed by atoms with Crippen LogP contribution in [0.5, 0.6) is 0 Å². The lowest BCUT2D eigenvalue weighted by Crippen LogP contribution is -2.25. The number of aromatic nitrogens is 1. The molecule has 0 fully saturated rings. The second-order valence-corrected chi connectivity index (χ2v) is 5.18. The van der Waals surface area contributed by atoms with Gasteiger partial charge in [-0.3, -0.25) is 0 Å². The number of hydrogen-bond acceptors (Lipinski definition) is 3. The maximum Gasteiger partial charge on any atom is 0.129 e. The van der Waals surface area contributed by atoms with E-state index in [0.29, 0.717) is 5.92 Å². The van der Waals surface area contributed by atoms with Crippen LogP contribution >= 0.6 is 0 Å². The summed E-state index contributed by atoms with van der Waals surface area (Å²) in [4.78, 5) is 7.09. The van der Waals surface area contributed by atoms with Crippen molar-refractivity contribution in [3.8, 4) is 0 Å². The summed E-state index contributed by atoms with van der Waals surface area (Å²) in [6.07, 6.45) is 3.06. The quantitative estimate of drug-likeness (QED) is 0.728. The molecule has 106 valence electrons. The lowest BCUT2D eigenvalue weighted by Gasteiger charge is -2.23. The molecule has 0 saturated heterocycles. The van der Waals surface area contributed by atoms with Gasteiger partial charge in [-0.15, -0.1) is 6.58 Å². The van der Waals surface area contributed by atoms with Gasteiger partial charge >= 0.3 is 0 Å². The summed E-state index contributed by atoms with van der Waals surface area (Å²) in [6, 6.07) is 4.38. The summed E-state index contributed by atoms with van der Waals surface area (Å²) >= 11 is 0. The van der Waals surface area contributed by atoms with Crippen molar-refractivity contribution >= 4 is 5.82 Å². The van der Waals surface area contributed by atoms with E-state index in [9.17, 15) is 0 Å². The van der Waals surface area contributed by atoms with Crippen molar-refractivity contribution in [2.24, 2.45) is 0 Å². The van der Waals surface area contributed by atoms with E-state index in [1.807, 2.05) is 13.1 Å². The van der Waals surface area contributed by atoms with Gasteiger partial charge in [0.25, 0.3) is 0 Å². The van der Waals surface area contributed by atoms with Crippen LogP contribution in [0.1, 0.15) is 44.4 Å². The maximum atomic E-state index is 4.80. The standard InChI is InChI=1S/C16H27N3/c1-6-8-19(9-7-2)16-11-14(12-17-5)10-15(18-16)13(3)4/h6,10-11,13,17H,1,7-9,12H2,2-5H3. The zero-order valence-corrected chi connectivity index (χ0v) is 12.7. The van der Waals surface area contributed by atoms with E-state index in [1.54, 1.807) is 0 Å². The van der Waals surface area contributed by atoms with E-state index in [0.717, 1.165) is 37.6 Å². The second-order valence-electron chi connectivity index (χ2n) is 5.18. The minimum atomic E-state index is 0.447. The highest BCUT2D eigenvalue weighted by atomic mass is 15.2. The van der Waals surface area contributed by atoms with Crippen LogP contribution in [-0.4, -0.2) is 25.1 Å². The average molecular weight is 261 g/mol. The molecule has 0 radical (unpaired) electrons. The predicted octanol–water partition coefficient (Wildman–Crippen LogP) is 3.33. The molecule has 1 rings (SSSR count). The van der Waals surface area contributed by atoms with Gasteiger partial charge in [-0.2, -0.15) is 0 Å². The molecule has 0 atom stereocenters. The molecule has 0 aromatic carbocycles. The van der Waals surface area contributed by atoms with Gasteiger partial charge in [-0.1, -0.05) is 26.8 Å². The normalized spacial score (nSPS) is 10.8. The zero-order valence-electron chi connectivity index (χ0n) is 12.7. The highest BCUT2D eigenvalue weighted by molar-refractivity contribution is 5.44. The molecule has 1 heterocycles. The largest absolute Gasteiger partial charge is 0.353 e. The first kappa shape index (κ1) is 15.7. The highest BCUT2D eigenvalue weighted by Gasteiger charge is 2.10. The minimum Gasteiger partial charge on any atom is -0.353 e. The molecule has 3 nitrogen and oxygen atoms in total. The van der Waals surface area contributed by atoms with E-state index in [2.05, 4.69) is 49.7 Å². The lowest BCUT2D eigenvalue weighted by molar-refractivity contribution is 0.760. The van der Waals surface area contributed by atoms with E-state index in [-0.39, 0.29) is 0 Å². The fourth-order valence-electron chi connectivity index (χ4n) is 2.08. The zero-order chi connectivity index (χ0) is 14.3. The molecule has 0 aliphatic heterocycles. The van der Waals surface area contributed by atoms with Crippen LogP contribution in [0.15, 0.2) is 24.8 Å². The number of nitrogens with one attached hydrogen (secondary N) is 1. The highest BCUT2D eigenvalue weighted by Crippen LogP contribution is 2.20. The minimum absolute atomic E-state index is 0.447. The Kier molecular flexibility index (Phi) is 6.57. The number of nitrogens with zero attached hydrogens (tertiary/aromatic N) is 2. The summed E-state index contributed by atoms with van der Waals surface area (Å²) in [5, 5.41) is 3.21. The summed E-state index contributed by atoms with van der Waals surface area (Å²) in [5.74, 6) is 1.51. The van der Waals surface area contributed by atoms with Gasteiger partial charge < -0.3 is 10.2 Å². The average Bonchev–Trinajstić information content (AvgIpc) is 2.38. The molecular formula is C16H27N3. The number of anilines is 1. The third-order valence-electron chi connectivity index (χ3n) is 3.03. The maximum absolute atomic E-state index is 4.80. The van der Waals surface area contributed by atoms with Gasteiger partial charge in [-0.25, -0.2) is 4.98 Å². The smallest absolute Gasteiger partial charge is 0.129 e. The van der Waals surface area contributed by atoms with Crippen LogP contribution < -0.4 is 10.2 Å². The summed E-state index contributed by atoms with van der Waals surface area (Å²) in [5.41, 5.74) is 2.45. The van der Waals surface area contributed by atoms with Crippen LogP contribution in [0.4, 0.5) is 5.82 Å². The van der Waals surface area contributed by atoms with Gasteiger partial charge in [-0.05, 0) is 37.1 Å². The molecule has 1 N–H and O–H groups in total. The Balaban J connectivity index is 3.11. The Morgan fingerprint density at radius 1 is 1.42 bits per heavy atom. The van der Waals surface area contributed by atoms with Gasteiger partial charge in [0.15, 0.2) is 0 Å². The Bertz CT molecular complexity index is 399. The lowest BCUT2D eigenvalue weighted by atomic mass is 10.1. The van der Waals surface area contributed by atoms with Crippen molar-refractivity contribution in [3.05, 3.63) is 36.0 Å². The first-order valence-electron chi connectivity index (χ1n) is 7.13. The van der Waals surface area contributed by atoms with Crippen molar-refractivity contribution in [2.75, 3.05) is 25.0 Å². The third-order valence-corrected chi connectivity index (χ3v) is 3.03. The number of pyridine rings is 1. The van der Waals surface area contributed by atoms with Gasteiger partial charge in [0, 0.05) is 25.3 Å². The van der Waals surface area contributed by atoms with Gasteiger partial charge in [0.05, 0.1) is 0 Å². The van der Waals surface area contributed by atoms with E-state index in [1.165, 1.54) is 5.56 Å². The predicted molar refractivity (Wildman–Crippen MR) is 83.8 cm³/mol. The SMILES string of the molecule is C=CCN(CCC)c1cc(CNC)cc(C(C)C)n1. The van der Waals surface area contributed by atoms with Crippen molar-refractivity contribution < 1.29 is 0 Å². The third kappa shape index (κ3) is 4.67. The van der Waals surface area contributed by atoms with Crippen molar-refractivity contribution in [3.63, 3.8) is 0 Å². The van der Waals surface area contributed by atoms with Crippen LogP contribution in [-0.2, 0) is 6.54 Å². The number of rotatable bonds is 8. The molecule has 1 aromatic heterocycles. The molecule has 3 heteroatoms. The van der Waals surface area contributed by atoms with E-state index >= 15 is 0 Å². The summed E-state index contributed by atoms with van der Waals surface area (Å²) < 4.78 is 0. The molecule has 0 spiro atoms. The topological polar surface area (TPSA) is 28.2 Å². The van der Waals surface area contributed by atoms with Crippen LogP contribution in [0.2, 0.25) is 0 Å². The van der Waals surface area contributed by atoms with E-state index in [4.69, 9.17) is 4.98 Å². The monoisotopic (exact) mass is 261 g/mol. The van der Waals surface area contributed by atoms with Crippen LogP contribution in [0.3, 0.4) is 0 Å². The van der Waals surface area contributed by atoms with Gasteiger partial charge in [0.1, 0.15) is 5.82 Å². The molecular weight excluding hydrogens is 234 g/mol. The Morgan fingerprint density at radius 2 is 2.16 bits per heavy atom. The van der Waals surface area contributed by atoms with Crippen LogP contribution in [0, 0.1) is 0 Å². The Hall–Kier alpha value is -1.35. The van der Waals surface area contributed by atoms with Gasteiger partial charge in [0.2, 0.25) is 0 Å². The molecule has 0 aliphatic rings. The fourth-order valence-corrected chi connectivity index (χ4v) is 2.08. The molecule has 0 bridgehead atoms. The summed E-state index contributed by atoms with van der Waals surface area (Å²) in [6.45, 7) is 13.1. The first-order chi connectivity index (χ1) is 9.12. The molecule has 19 heavy (non-hydrogen) atoms. The Labute approximate surface area is 117 Å². The molecule has 0 saturated carbocycles. The molecule has 0 unspecified atom stereocenters. The molecule has 1 aromatic rings. The van der Waals surface area contributed by atoms with E-state index < -0.39 is 0 Å². The number of hydrogen-bond donors (Lipinski definition) is 1. The van der Waals surface area contributed by atoms with Crippen molar-refractivity contribution in [2.45, 2.75) is 39.7 Å². The Morgan fingerprint density at radius 3 is 2.68 bits per heavy atom. The molecule has 0 aliphatic carbocycles.